The van der Waals surface area contributed by atoms with Crippen LogP contribution in [0.3, 0.4) is 0 Å². The highest BCUT2D eigenvalue weighted by molar-refractivity contribution is 5.85. The lowest BCUT2D eigenvalue weighted by Crippen LogP contribution is -2.45. The van der Waals surface area contributed by atoms with E-state index in [1.165, 1.54) is 29.8 Å². The molecule has 8 heteroatoms. The molecule has 3 aromatic rings. The number of hydrazine groups is 1. The molecule has 2 N–H and O–H groups in total. The molecule has 0 radical (unpaired) electrons. The van der Waals surface area contributed by atoms with Crippen molar-refractivity contribution in [1.82, 2.24) is 10.9 Å². The van der Waals surface area contributed by atoms with Crippen LogP contribution in [0.5, 0.6) is 11.5 Å². The van der Waals surface area contributed by atoms with Gasteiger partial charge in [0.05, 0.1) is 0 Å². The maximum absolute atomic E-state index is 12.8. The van der Waals surface area contributed by atoms with Crippen molar-refractivity contribution in [2.75, 3.05) is 13.2 Å². The van der Waals surface area contributed by atoms with Crippen molar-refractivity contribution in [2.45, 2.75) is 25.7 Å². The summed E-state index contributed by atoms with van der Waals surface area (Å²) < 4.78 is 29.4. The average molecular weight is 412 g/mol. The topological polar surface area (TPSA) is 89.8 Å². The third-order valence-electron chi connectivity index (χ3n) is 4.82. The van der Waals surface area contributed by atoms with Crippen molar-refractivity contribution in [3.8, 4) is 11.5 Å². The zero-order valence-electron chi connectivity index (χ0n) is 16.2. The first kappa shape index (κ1) is 19.8. The van der Waals surface area contributed by atoms with Crippen LogP contribution < -0.4 is 20.3 Å². The molecule has 156 valence electrons. The normalized spacial score (nSPS) is 12.8. The fourth-order valence-corrected chi connectivity index (χ4v) is 3.37. The summed E-state index contributed by atoms with van der Waals surface area (Å²) in [5.74, 6) is 0.469. The van der Waals surface area contributed by atoms with Gasteiger partial charge in [0.2, 0.25) is 0 Å². The Morgan fingerprint density at radius 3 is 2.27 bits per heavy atom. The summed E-state index contributed by atoms with van der Waals surface area (Å²) in [5, 5.41) is 1.02. The first-order valence-corrected chi connectivity index (χ1v) is 9.71. The minimum absolute atomic E-state index is 0.259. The predicted octanol–water partition coefficient (Wildman–Crippen LogP) is 3.06. The van der Waals surface area contributed by atoms with Gasteiger partial charge in [0.1, 0.15) is 28.7 Å². The number of halogens is 1. The summed E-state index contributed by atoms with van der Waals surface area (Å²) in [4.78, 5) is 23.7. The standard InChI is InChI=1S/C22H21FN2O5/c23-14-5-7-15(8-6-14)28-12-21(26)24-25-22(27)13-29-16-9-10-20-18(11-16)17-3-1-2-4-19(17)30-20/h5-11H,1-4,12-13H2,(H,24,26)(H,25,27). The van der Waals surface area contributed by atoms with Gasteiger partial charge in [-0.05, 0) is 61.7 Å². The summed E-state index contributed by atoms with van der Waals surface area (Å²) in [6.07, 6.45) is 4.21. The van der Waals surface area contributed by atoms with Gasteiger partial charge in [-0.15, -0.1) is 0 Å². The molecule has 1 heterocycles. The molecule has 2 amide bonds. The van der Waals surface area contributed by atoms with Crippen LogP contribution in [-0.2, 0) is 22.4 Å². The van der Waals surface area contributed by atoms with Crippen molar-refractivity contribution in [1.29, 1.82) is 0 Å². The highest BCUT2D eigenvalue weighted by Crippen LogP contribution is 2.33. The third kappa shape index (κ3) is 4.71. The number of carbonyl (C=O) groups excluding carboxylic acids is 2. The molecule has 30 heavy (non-hydrogen) atoms. The third-order valence-corrected chi connectivity index (χ3v) is 4.82. The number of amides is 2. The second-order valence-electron chi connectivity index (χ2n) is 7.00. The predicted molar refractivity (Wildman–Crippen MR) is 107 cm³/mol. The van der Waals surface area contributed by atoms with Gasteiger partial charge in [-0.1, -0.05) is 0 Å². The lowest BCUT2D eigenvalue weighted by molar-refractivity contribution is -0.131. The molecule has 2 aromatic carbocycles. The van der Waals surface area contributed by atoms with E-state index in [4.69, 9.17) is 13.9 Å². The van der Waals surface area contributed by atoms with E-state index in [0.717, 1.165) is 42.4 Å². The summed E-state index contributed by atoms with van der Waals surface area (Å²) in [6, 6.07) is 10.7. The van der Waals surface area contributed by atoms with E-state index in [2.05, 4.69) is 10.9 Å². The van der Waals surface area contributed by atoms with Crippen molar-refractivity contribution in [3.05, 3.63) is 59.6 Å². The maximum atomic E-state index is 12.8. The molecular weight excluding hydrogens is 391 g/mol. The van der Waals surface area contributed by atoms with Crippen LogP contribution in [0, 0.1) is 5.82 Å². The zero-order chi connectivity index (χ0) is 20.9. The lowest BCUT2D eigenvalue weighted by atomic mass is 9.96. The Morgan fingerprint density at radius 1 is 0.900 bits per heavy atom. The number of fused-ring (bicyclic) bond motifs is 3. The first-order chi connectivity index (χ1) is 14.6. The Hall–Kier alpha value is -3.55. The smallest absolute Gasteiger partial charge is 0.276 e. The fourth-order valence-electron chi connectivity index (χ4n) is 3.37. The molecule has 0 bridgehead atoms. The SMILES string of the molecule is O=C(COc1ccc(F)cc1)NNC(=O)COc1ccc2oc3c(c2c1)CCCC3. The number of furan rings is 1. The molecule has 0 saturated carbocycles. The molecule has 1 aliphatic carbocycles. The number of hydrogen-bond acceptors (Lipinski definition) is 5. The Balaban J connectivity index is 1.23. The average Bonchev–Trinajstić information content (AvgIpc) is 3.14. The van der Waals surface area contributed by atoms with Gasteiger partial charge < -0.3 is 13.9 Å². The van der Waals surface area contributed by atoms with Gasteiger partial charge in [-0.25, -0.2) is 4.39 Å². The summed E-state index contributed by atoms with van der Waals surface area (Å²) in [6.45, 7) is -0.584. The second kappa shape index (κ2) is 8.86. The highest BCUT2D eigenvalue weighted by atomic mass is 19.1. The van der Waals surface area contributed by atoms with Crippen LogP contribution >= 0.6 is 0 Å². The van der Waals surface area contributed by atoms with E-state index in [0.29, 0.717) is 11.5 Å². The van der Waals surface area contributed by atoms with E-state index in [-0.39, 0.29) is 13.2 Å². The number of carbonyl (C=O) groups is 2. The zero-order valence-corrected chi connectivity index (χ0v) is 16.2. The molecule has 0 aliphatic heterocycles. The number of ether oxygens (including phenoxy) is 2. The number of hydrogen-bond donors (Lipinski definition) is 2. The molecular formula is C22H21FN2O5. The quantitative estimate of drug-likeness (QED) is 0.608. The summed E-state index contributed by atoms with van der Waals surface area (Å²) in [5.41, 5.74) is 6.54. The summed E-state index contributed by atoms with van der Waals surface area (Å²) in [7, 11) is 0. The molecule has 4 rings (SSSR count). The van der Waals surface area contributed by atoms with Gasteiger partial charge in [-0.2, -0.15) is 0 Å². The van der Waals surface area contributed by atoms with Crippen LogP contribution in [0.2, 0.25) is 0 Å². The molecule has 0 atom stereocenters. The largest absolute Gasteiger partial charge is 0.484 e. The first-order valence-electron chi connectivity index (χ1n) is 9.71. The molecule has 0 unspecified atom stereocenters. The Bertz CT molecular complexity index is 1060. The van der Waals surface area contributed by atoms with Crippen molar-refractivity contribution < 1.29 is 27.9 Å². The summed E-state index contributed by atoms with van der Waals surface area (Å²) >= 11 is 0. The van der Waals surface area contributed by atoms with Crippen LogP contribution in [0.25, 0.3) is 11.0 Å². The van der Waals surface area contributed by atoms with E-state index in [1.54, 1.807) is 6.07 Å². The van der Waals surface area contributed by atoms with E-state index in [9.17, 15) is 14.0 Å². The second-order valence-corrected chi connectivity index (χ2v) is 7.00. The fraction of sp³-hybridized carbons (Fsp3) is 0.273. The lowest BCUT2D eigenvalue weighted by Gasteiger charge is -2.10. The molecule has 1 aromatic heterocycles. The highest BCUT2D eigenvalue weighted by Gasteiger charge is 2.18. The molecule has 7 nitrogen and oxygen atoms in total. The molecule has 0 saturated heterocycles. The molecule has 0 spiro atoms. The molecule has 1 aliphatic rings. The monoisotopic (exact) mass is 412 g/mol. The Labute approximate surface area is 172 Å². The van der Waals surface area contributed by atoms with Gasteiger partial charge >= 0.3 is 0 Å². The molecule has 0 fully saturated rings. The van der Waals surface area contributed by atoms with E-state index in [1.807, 2.05) is 12.1 Å². The minimum atomic E-state index is -0.556. The number of aryl methyl sites for hydroxylation is 2. The Kier molecular flexibility index (Phi) is 5.83. The van der Waals surface area contributed by atoms with E-state index < -0.39 is 17.6 Å². The van der Waals surface area contributed by atoms with Crippen molar-refractivity contribution >= 4 is 22.8 Å². The van der Waals surface area contributed by atoms with Gasteiger partial charge in [-0.3, -0.25) is 20.4 Å². The maximum Gasteiger partial charge on any atom is 0.276 e. The van der Waals surface area contributed by atoms with E-state index >= 15 is 0 Å². The van der Waals surface area contributed by atoms with Gasteiger partial charge in [0.25, 0.3) is 11.8 Å². The Morgan fingerprint density at radius 2 is 1.53 bits per heavy atom. The minimum Gasteiger partial charge on any atom is -0.484 e. The van der Waals surface area contributed by atoms with Gasteiger partial charge in [0, 0.05) is 17.4 Å². The number of nitrogens with one attached hydrogen (secondary N) is 2. The van der Waals surface area contributed by atoms with Crippen LogP contribution in [0.1, 0.15) is 24.2 Å². The van der Waals surface area contributed by atoms with Crippen molar-refractivity contribution in [3.63, 3.8) is 0 Å². The number of benzene rings is 2. The van der Waals surface area contributed by atoms with Crippen LogP contribution in [-0.4, -0.2) is 25.0 Å². The number of rotatable bonds is 6. The van der Waals surface area contributed by atoms with Crippen LogP contribution in [0.15, 0.2) is 46.9 Å². The van der Waals surface area contributed by atoms with Gasteiger partial charge in [0.15, 0.2) is 13.2 Å². The van der Waals surface area contributed by atoms with Crippen LogP contribution in [0.4, 0.5) is 4.39 Å². The van der Waals surface area contributed by atoms with Crippen molar-refractivity contribution in [2.24, 2.45) is 0 Å².